The molecule has 1 aliphatic heterocycles. The number of fused-ring (bicyclic) bond motifs is 2. The van der Waals surface area contributed by atoms with E-state index in [0.717, 1.165) is 46.4 Å². The smallest absolute Gasteiger partial charge is 0.229 e. The van der Waals surface area contributed by atoms with E-state index in [1.807, 2.05) is 43.6 Å². The Balaban J connectivity index is 1.62. The molecule has 3 aromatic carbocycles. The minimum Gasteiger partial charge on any atom is -0.493 e. The predicted octanol–water partition coefficient (Wildman–Crippen LogP) is 6.25. The number of pyridine rings is 1. The van der Waals surface area contributed by atoms with E-state index in [9.17, 15) is 10.2 Å². The Morgan fingerprint density at radius 2 is 1.66 bits per heavy atom. The van der Waals surface area contributed by atoms with Crippen molar-refractivity contribution in [2.24, 2.45) is 5.41 Å². The van der Waals surface area contributed by atoms with E-state index in [0.29, 0.717) is 42.2 Å². The minimum atomic E-state index is -0.292. The summed E-state index contributed by atoms with van der Waals surface area (Å²) in [5.41, 5.74) is 5.16. The van der Waals surface area contributed by atoms with Gasteiger partial charge in [-0.05, 0) is 100 Å². The molecule has 44 heavy (non-hydrogen) atoms. The molecule has 230 valence electrons. The second-order valence-electron chi connectivity index (χ2n) is 11.4. The number of para-hydroxylation sites is 1. The minimum absolute atomic E-state index is 0.201. The van der Waals surface area contributed by atoms with Gasteiger partial charge in [-0.25, -0.2) is 4.98 Å². The quantitative estimate of drug-likeness (QED) is 0.141. The number of anilines is 2. The molecular weight excluding hydrogens is 589 g/mol. The van der Waals surface area contributed by atoms with Crippen LogP contribution in [0, 0.1) is 5.41 Å². The van der Waals surface area contributed by atoms with Gasteiger partial charge >= 0.3 is 0 Å². The van der Waals surface area contributed by atoms with Crippen LogP contribution in [0.5, 0.6) is 11.5 Å². The van der Waals surface area contributed by atoms with Gasteiger partial charge in [-0.3, -0.25) is 0 Å². The molecule has 1 unspecified atom stereocenters. The fourth-order valence-corrected chi connectivity index (χ4v) is 7.71. The molecule has 0 spiro atoms. The molecule has 1 atom stereocenters. The SMILES string of the molecule is COc1cc2cc(CO)c(CO)c(-c3ccnc(N4CCC(C(C)(C)C(O[Si]C)O[Si]C)c5ccccc54)c3)c2cc1OC. The molecule has 0 saturated heterocycles. The molecule has 8 nitrogen and oxygen atoms in total. The third kappa shape index (κ3) is 5.90. The molecule has 2 N–H and O–H groups in total. The number of hydrogen-bond donors (Lipinski definition) is 2. The van der Waals surface area contributed by atoms with Crippen LogP contribution in [0.15, 0.2) is 60.8 Å². The Kier molecular flexibility index (Phi) is 10.1. The Hall–Kier alpha value is -3.26. The summed E-state index contributed by atoms with van der Waals surface area (Å²) >= 11 is 0. The lowest BCUT2D eigenvalue weighted by atomic mass is 9.70. The maximum Gasteiger partial charge on any atom is 0.229 e. The normalized spacial score (nSPS) is 15.1. The van der Waals surface area contributed by atoms with Crippen LogP contribution in [0.3, 0.4) is 0 Å². The van der Waals surface area contributed by atoms with Gasteiger partial charge in [0.15, 0.2) is 11.5 Å². The van der Waals surface area contributed by atoms with Crippen LogP contribution >= 0.6 is 0 Å². The Bertz CT molecular complexity index is 1600. The molecule has 0 aliphatic carbocycles. The summed E-state index contributed by atoms with van der Waals surface area (Å²) in [6.45, 7) is 8.90. The van der Waals surface area contributed by atoms with Crippen molar-refractivity contribution in [1.82, 2.24) is 4.98 Å². The van der Waals surface area contributed by atoms with Crippen molar-refractivity contribution in [3.63, 3.8) is 0 Å². The number of hydrogen-bond acceptors (Lipinski definition) is 8. The van der Waals surface area contributed by atoms with E-state index in [1.165, 1.54) is 5.56 Å². The molecule has 1 aromatic heterocycles. The molecule has 0 saturated carbocycles. The van der Waals surface area contributed by atoms with Gasteiger partial charge in [0.05, 0.1) is 27.4 Å². The molecule has 4 radical (unpaired) electrons. The number of rotatable bonds is 12. The molecule has 5 rings (SSSR count). The van der Waals surface area contributed by atoms with E-state index < -0.39 is 0 Å². The van der Waals surface area contributed by atoms with Crippen molar-refractivity contribution in [2.75, 3.05) is 25.7 Å². The number of nitrogens with zero attached hydrogens (tertiary/aromatic N) is 2. The fraction of sp³-hybridized carbons (Fsp3) is 0.382. The largest absolute Gasteiger partial charge is 0.493 e. The van der Waals surface area contributed by atoms with Crippen LogP contribution in [-0.2, 0) is 22.1 Å². The van der Waals surface area contributed by atoms with Gasteiger partial charge < -0.3 is 33.4 Å². The maximum absolute atomic E-state index is 10.5. The molecule has 1 aliphatic rings. The Labute approximate surface area is 264 Å². The molecule has 10 heteroatoms. The zero-order valence-electron chi connectivity index (χ0n) is 26.2. The number of aromatic nitrogens is 1. The second-order valence-corrected chi connectivity index (χ2v) is 12.7. The van der Waals surface area contributed by atoms with Crippen LogP contribution in [0.2, 0.25) is 13.1 Å². The summed E-state index contributed by atoms with van der Waals surface area (Å²) in [7, 11) is 3.90. The zero-order chi connectivity index (χ0) is 31.4. The summed E-state index contributed by atoms with van der Waals surface area (Å²) in [4.78, 5) is 7.10. The molecular formula is C34H40N2O6Si2. The number of benzene rings is 3. The van der Waals surface area contributed by atoms with E-state index in [2.05, 4.69) is 49.1 Å². The van der Waals surface area contributed by atoms with Gasteiger partial charge in [0.1, 0.15) is 12.1 Å². The number of aliphatic hydroxyl groups excluding tert-OH is 2. The van der Waals surface area contributed by atoms with Crippen LogP contribution < -0.4 is 14.4 Å². The fourth-order valence-electron chi connectivity index (χ4n) is 6.48. The highest BCUT2D eigenvalue weighted by Gasteiger charge is 2.42. The lowest BCUT2D eigenvalue weighted by Crippen LogP contribution is -2.43. The van der Waals surface area contributed by atoms with Crippen LogP contribution in [-0.4, -0.2) is 61.8 Å². The lowest BCUT2D eigenvalue weighted by Gasteiger charge is -2.45. The number of ether oxygens (including phenoxy) is 2. The zero-order valence-corrected chi connectivity index (χ0v) is 28.2. The summed E-state index contributed by atoms with van der Waals surface area (Å²) in [5.74, 6) is 2.23. The summed E-state index contributed by atoms with van der Waals surface area (Å²) in [6.07, 6.45) is 2.42. The molecule has 0 bridgehead atoms. The van der Waals surface area contributed by atoms with Gasteiger partial charge in [-0.15, -0.1) is 0 Å². The van der Waals surface area contributed by atoms with E-state index in [-0.39, 0.29) is 30.8 Å². The first-order valence-corrected chi connectivity index (χ1v) is 17.5. The average Bonchev–Trinajstić information content (AvgIpc) is 3.05. The van der Waals surface area contributed by atoms with Gasteiger partial charge in [0.2, 0.25) is 19.5 Å². The number of aliphatic hydroxyl groups is 2. The topological polar surface area (TPSA) is 93.5 Å². The van der Waals surface area contributed by atoms with Crippen molar-refractivity contribution in [2.45, 2.75) is 58.8 Å². The first-order valence-electron chi connectivity index (χ1n) is 14.7. The standard InChI is InChI=1S/C34H40N2O6Si2/c1-34(2,33(41-43-5)42-44-6)27-12-14-36(28-10-8-7-9-24(27)28)31-17-21(11-13-35-31)32-25-18-30(40-4)29(39-3)16-22(25)15-23(19-37)26(32)20-38/h7-11,13,15-18,27,33,37-38H,12,14,19-20H2,1-6H3. The second kappa shape index (κ2) is 13.8. The molecule has 0 amide bonds. The highest BCUT2D eigenvalue weighted by atomic mass is 28.2. The van der Waals surface area contributed by atoms with Gasteiger partial charge in [0.25, 0.3) is 0 Å². The average molecular weight is 629 g/mol. The third-order valence-corrected chi connectivity index (χ3v) is 9.58. The Morgan fingerprint density at radius 1 is 0.955 bits per heavy atom. The van der Waals surface area contributed by atoms with Crippen molar-refractivity contribution < 1.29 is 28.5 Å². The maximum atomic E-state index is 10.5. The van der Waals surface area contributed by atoms with Crippen molar-refractivity contribution in [3.05, 3.63) is 77.5 Å². The predicted molar refractivity (Wildman–Crippen MR) is 176 cm³/mol. The molecule has 2 heterocycles. The highest BCUT2D eigenvalue weighted by Crippen LogP contribution is 2.50. The van der Waals surface area contributed by atoms with Crippen molar-refractivity contribution >= 4 is 41.8 Å². The Morgan fingerprint density at radius 3 is 2.32 bits per heavy atom. The van der Waals surface area contributed by atoms with Gasteiger partial charge in [0, 0.05) is 23.8 Å². The molecule has 0 fully saturated rings. The van der Waals surface area contributed by atoms with Crippen LogP contribution in [0.4, 0.5) is 11.5 Å². The van der Waals surface area contributed by atoms with E-state index >= 15 is 0 Å². The van der Waals surface area contributed by atoms with Crippen molar-refractivity contribution in [3.8, 4) is 22.6 Å². The van der Waals surface area contributed by atoms with Crippen molar-refractivity contribution in [1.29, 1.82) is 0 Å². The van der Waals surface area contributed by atoms with Gasteiger partial charge in [-0.2, -0.15) is 0 Å². The highest BCUT2D eigenvalue weighted by molar-refractivity contribution is 6.26. The molecule has 4 aromatic rings. The first kappa shape index (κ1) is 32.1. The summed E-state index contributed by atoms with van der Waals surface area (Å²) < 4.78 is 23.5. The summed E-state index contributed by atoms with van der Waals surface area (Å²) in [5, 5.41) is 22.6. The van der Waals surface area contributed by atoms with Crippen LogP contribution in [0.25, 0.3) is 21.9 Å². The van der Waals surface area contributed by atoms with E-state index in [1.54, 1.807) is 14.2 Å². The summed E-state index contributed by atoms with van der Waals surface area (Å²) in [6, 6.07) is 18.3. The first-order chi connectivity index (χ1) is 21.3. The monoisotopic (exact) mass is 628 g/mol. The van der Waals surface area contributed by atoms with E-state index in [4.69, 9.17) is 23.3 Å². The van der Waals surface area contributed by atoms with Gasteiger partial charge in [-0.1, -0.05) is 32.0 Å². The third-order valence-electron chi connectivity index (χ3n) is 8.68. The number of methoxy groups -OCH3 is 2. The lowest BCUT2D eigenvalue weighted by molar-refractivity contribution is -0.0916. The van der Waals surface area contributed by atoms with Crippen LogP contribution in [0.1, 0.15) is 42.9 Å².